The van der Waals surface area contributed by atoms with Crippen molar-refractivity contribution in [2.24, 2.45) is 11.3 Å². The van der Waals surface area contributed by atoms with Crippen molar-refractivity contribution in [2.75, 3.05) is 6.61 Å². The van der Waals surface area contributed by atoms with Gasteiger partial charge in [0.05, 0.1) is 18.9 Å². The van der Waals surface area contributed by atoms with E-state index in [2.05, 4.69) is 20.4 Å². The third-order valence-corrected chi connectivity index (χ3v) is 6.21. The van der Waals surface area contributed by atoms with E-state index in [1.165, 1.54) is 17.0 Å². The van der Waals surface area contributed by atoms with Crippen molar-refractivity contribution in [1.29, 1.82) is 0 Å². The number of ether oxygens (including phenoxy) is 1. The van der Waals surface area contributed by atoms with Gasteiger partial charge in [0, 0.05) is 11.8 Å². The van der Waals surface area contributed by atoms with Crippen LogP contribution in [0.25, 0.3) is 0 Å². The lowest BCUT2D eigenvalue weighted by molar-refractivity contribution is -0.0382. The second-order valence-electron chi connectivity index (χ2n) is 7.96. The molecule has 1 fully saturated rings. The summed E-state index contributed by atoms with van der Waals surface area (Å²) in [7, 11) is -4.14. The number of aromatic amines is 2. The van der Waals surface area contributed by atoms with Crippen LogP contribution in [0, 0.1) is 18.3 Å². The summed E-state index contributed by atoms with van der Waals surface area (Å²) >= 11 is 0. The molecule has 1 aliphatic rings. The summed E-state index contributed by atoms with van der Waals surface area (Å²) in [4.78, 5) is 36.2. The SMILES string of the molecule is Cc1cn([C@H]2C[C@@H](C(C)(C)C)C(COP(=O)(O)c3c[nH]nn3)O2)c(=O)[nH]c1=O. The zero-order valence-electron chi connectivity index (χ0n) is 16.1. The first kappa shape index (κ1) is 20.7. The fourth-order valence-corrected chi connectivity index (χ4v) is 4.20. The molecule has 2 unspecified atom stereocenters. The lowest BCUT2D eigenvalue weighted by atomic mass is 9.76. The van der Waals surface area contributed by atoms with E-state index in [1.54, 1.807) is 6.92 Å². The Labute approximate surface area is 160 Å². The predicted molar refractivity (Wildman–Crippen MR) is 99.3 cm³/mol. The quantitative estimate of drug-likeness (QED) is 0.597. The summed E-state index contributed by atoms with van der Waals surface area (Å²) < 4.78 is 25.0. The van der Waals surface area contributed by atoms with Crippen LogP contribution in [0.5, 0.6) is 0 Å². The van der Waals surface area contributed by atoms with Crippen LogP contribution >= 0.6 is 7.60 Å². The molecular weight excluding hydrogens is 389 g/mol. The molecule has 0 bridgehead atoms. The van der Waals surface area contributed by atoms with Crippen LogP contribution < -0.4 is 16.7 Å². The second kappa shape index (κ2) is 7.40. The molecule has 11 nitrogen and oxygen atoms in total. The topological polar surface area (TPSA) is 152 Å². The largest absolute Gasteiger partial charge is 0.380 e. The summed E-state index contributed by atoms with van der Waals surface area (Å²) in [5.74, 6) is -0.0612. The van der Waals surface area contributed by atoms with Crippen LogP contribution in [0.1, 0.15) is 39.0 Å². The highest BCUT2D eigenvalue weighted by atomic mass is 31.2. The van der Waals surface area contributed by atoms with Crippen LogP contribution in [-0.4, -0.2) is 42.6 Å². The maximum Gasteiger partial charge on any atom is 0.380 e. The molecular formula is C16H24N5O6P. The van der Waals surface area contributed by atoms with Crippen molar-refractivity contribution in [3.8, 4) is 0 Å². The zero-order chi connectivity index (χ0) is 20.7. The number of nitrogens with one attached hydrogen (secondary N) is 2. The number of nitrogens with zero attached hydrogens (tertiary/aromatic N) is 3. The molecule has 4 atom stereocenters. The summed E-state index contributed by atoms with van der Waals surface area (Å²) in [6.07, 6.45) is 2.00. The van der Waals surface area contributed by atoms with Gasteiger partial charge in [-0.15, -0.1) is 5.10 Å². The summed E-state index contributed by atoms with van der Waals surface area (Å²) in [6.45, 7) is 7.51. The Morgan fingerprint density at radius 3 is 2.75 bits per heavy atom. The predicted octanol–water partition coefficient (Wildman–Crippen LogP) is 0.440. The normalized spacial score (nSPS) is 25.0. The van der Waals surface area contributed by atoms with Gasteiger partial charge in [0.2, 0.25) is 0 Å². The fraction of sp³-hybridized carbons (Fsp3) is 0.625. The van der Waals surface area contributed by atoms with Crippen LogP contribution in [-0.2, 0) is 13.8 Å². The Hall–Kier alpha value is -2.07. The highest BCUT2D eigenvalue weighted by Gasteiger charge is 2.44. The van der Waals surface area contributed by atoms with Gasteiger partial charge in [-0.05, 0) is 24.7 Å². The molecule has 1 saturated heterocycles. The van der Waals surface area contributed by atoms with E-state index in [-0.39, 0.29) is 23.4 Å². The minimum absolute atomic E-state index is 0.0612. The number of aromatic nitrogens is 5. The maximum atomic E-state index is 12.3. The third-order valence-electron chi connectivity index (χ3n) is 4.91. The monoisotopic (exact) mass is 413 g/mol. The molecule has 1 aliphatic heterocycles. The molecule has 3 rings (SSSR count). The van der Waals surface area contributed by atoms with Crippen molar-refractivity contribution >= 4 is 13.0 Å². The maximum absolute atomic E-state index is 12.3. The lowest BCUT2D eigenvalue weighted by Gasteiger charge is -2.30. The average molecular weight is 413 g/mol. The van der Waals surface area contributed by atoms with Crippen molar-refractivity contribution in [2.45, 2.75) is 46.4 Å². The van der Waals surface area contributed by atoms with E-state index in [4.69, 9.17) is 9.26 Å². The Morgan fingerprint density at radius 2 is 2.14 bits per heavy atom. The average Bonchev–Trinajstić information content (AvgIpc) is 3.25. The zero-order valence-corrected chi connectivity index (χ0v) is 17.0. The minimum atomic E-state index is -4.14. The van der Waals surface area contributed by atoms with Gasteiger partial charge in [-0.2, -0.15) is 0 Å². The molecule has 2 aromatic rings. The molecule has 2 aromatic heterocycles. The molecule has 0 aromatic carbocycles. The second-order valence-corrected chi connectivity index (χ2v) is 9.72. The van der Waals surface area contributed by atoms with E-state index in [1.807, 2.05) is 20.8 Å². The van der Waals surface area contributed by atoms with Crippen molar-refractivity contribution in [3.63, 3.8) is 0 Å². The van der Waals surface area contributed by atoms with E-state index >= 15 is 0 Å². The van der Waals surface area contributed by atoms with Gasteiger partial charge in [-0.1, -0.05) is 26.0 Å². The first-order chi connectivity index (χ1) is 13.0. The highest BCUT2D eigenvalue weighted by Crippen LogP contribution is 2.46. The van der Waals surface area contributed by atoms with Gasteiger partial charge in [-0.3, -0.25) is 24.0 Å². The van der Waals surface area contributed by atoms with Gasteiger partial charge >= 0.3 is 13.3 Å². The van der Waals surface area contributed by atoms with Crippen LogP contribution in [0.2, 0.25) is 0 Å². The minimum Gasteiger partial charge on any atom is -0.352 e. The van der Waals surface area contributed by atoms with Crippen LogP contribution in [0.3, 0.4) is 0 Å². The molecule has 3 heterocycles. The lowest BCUT2D eigenvalue weighted by Crippen LogP contribution is -2.33. The van der Waals surface area contributed by atoms with Crippen LogP contribution in [0.4, 0.5) is 0 Å². The number of H-pyrrole nitrogens is 2. The first-order valence-electron chi connectivity index (χ1n) is 8.81. The number of hydrogen-bond donors (Lipinski definition) is 3. The van der Waals surface area contributed by atoms with Crippen molar-refractivity contribution in [3.05, 3.63) is 38.8 Å². The van der Waals surface area contributed by atoms with Crippen molar-refractivity contribution < 1.29 is 18.7 Å². The molecule has 154 valence electrons. The Bertz CT molecular complexity index is 992. The first-order valence-corrected chi connectivity index (χ1v) is 10.4. The number of rotatable bonds is 5. The summed E-state index contributed by atoms with van der Waals surface area (Å²) in [5, 5.41) is 9.31. The van der Waals surface area contributed by atoms with E-state index in [0.29, 0.717) is 12.0 Å². The Balaban J connectivity index is 1.82. The van der Waals surface area contributed by atoms with Gasteiger partial charge in [0.15, 0.2) is 5.44 Å². The van der Waals surface area contributed by atoms with Crippen LogP contribution in [0.15, 0.2) is 22.0 Å². The van der Waals surface area contributed by atoms with Gasteiger partial charge < -0.3 is 14.2 Å². The molecule has 0 saturated carbocycles. The Kier molecular flexibility index (Phi) is 5.46. The van der Waals surface area contributed by atoms with Crippen molar-refractivity contribution in [1.82, 2.24) is 25.0 Å². The molecule has 0 amide bonds. The number of aryl methyl sites for hydroxylation is 1. The van der Waals surface area contributed by atoms with E-state index < -0.39 is 31.2 Å². The van der Waals surface area contributed by atoms with E-state index in [0.717, 1.165) is 0 Å². The third kappa shape index (κ3) is 4.17. The molecule has 3 N–H and O–H groups in total. The molecule has 12 heteroatoms. The summed E-state index contributed by atoms with van der Waals surface area (Å²) in [6, 6.07) is 0. The van der Waals surface area contributed by atoms with Gasteiger partial charge in [-0.25, -0.2) is 4.79 Å². The smallest absolute Gasteiger partial charge is 0.352 e. The van der Waals surface area contributed by atoms with E-state index in [9.17, 15) is 19.0 Å². The number of hydrogen-bond acceptors (Lipinski definition) is 7. The molecule has 0 spiro atoms. The molecule has 28 heavy (non-hydrogen) atoms. The van der Waals surface area contributed by atoms with Gasteiger partial charge in [0.25, 0.3) is 5.56 Å². The standard InChI is InChI=1S/C16H24N5O6P/c1-9-7-21(15(23)18-14(9)22)13-5-10(16(2,3)4)11(27-13)8-26-28(24,25)12-6-17-20-19-12/h6-7,10-11,13H,5,8H2,1-4H3,(H,24,25)(H,17,19,20)(H,18,22,23)/t10-,11?,13-/m1/s1. The molecule has 0 aliphatic carbocycles. The Morgan fingerprint density at radius 1 is 1.43 bits per heavy atom. The molecule has 0 radical (unpaired) electrons. The highest BCUT2D eigenvalue weighted by molar-refractivity contribution is 7.60. The fourth-order valence-electron chi connectivity index (χ4n) is 3.34. The summed E-state index contributed by atoms with van der Waals surface area (Å²) in [5.41, 5.74) is -1.01. The van der Waals surface area contributed by atoms with Gasteiger partial charge in [0.1, 0.15) is 6.23 Å².